The van der Waals surface area contributed by atoms with Crippen molar-refractivity contribution in [3.05, 3.63) is 35.1 Å². The van der Waals surface area contributed by atoms with Gasteiger partial charge in [-0.3, -0.25) is 4.90 Å². The Hall–Kier alpha value is -1.37. The fourth-order valence-electron chi connectivity index (χ4n) is 1.83. The second kappa shape index (κ2) is 7.15. The van der Waals surface area contributed by atoms with Gasteiger partial charge in [0.15, 0.2) is 0 Å². The molecule has 0 aromatic heterocycles. The van der Waals surface area contributed by atoms with Gasteiger partial charge in [-0.1, -0.05) is 24.8 Å². The van der Waals surface area contributed by atoms with Crippen LogP contribution in [-0.4, -0.2) is 24.0 Å². The Labute approximate surface area is 109 Å². The molecule has 18 heavy (non-hydrogen) atoms. The SMILES string of the molecule is CCN(Cc1ccc(F)cc1C#CCN)C(C)C. The molecule has 1 aromatic rings. The van der Waals surface area contributed by atoms with Gasteiger partial charge in [0.1, 0.15) is 5.82 Å². The van der Waals surface area contributed by atoms with E-state index in [1.54, 1.807) is 6.07 Å². The zero-order valence-corrected chi connectivity index (χ0v) is 11.3. The van der Waals surface area contributed by atoms with Gasteiger partial charge >= 0.3 is 0 Å². The lowest BCUT2D eigenvalue weighted by Crippen LogP contribution is -2.30. The van der Waals surface area contributed by atoms with Crippen LogP contribution in [0.3, 0.4) is 0 Å². The molecule has 0 atom stereocenters. The number of halogens is 1. The second-order valence-corrected chi connectivity index (χ2v) is 4.46. The third-order valence-electron chi connectivity index (χ3n) is 2.91. The van der Waals surface area contributed by atoms with Gasteiger partial charge in [0, 0.05) is 18.2 Å². The van der Waals surface area contributed by atoms with Crippen LogP contribution in [0.4, 0.5) is 4.39 Å². The normalized spacial score (nSPS) is 10.6. The Morgan fingerprint density at radius 3 is 2.67 bits per heavy atom. The van der Waals surface area contributed by atoms with Gasteiger partial charge < -0.3 is 5.73 Å². The van der Waals surface area contributed by atoms with Gasteiger partial charge in [-0.2, -0.15) is 0 Å². The van der Waals surface area contributed by atoms with Gasteiger partial charge in [0.05, 0.1) is 6.54 Å². The molecule has 0 saturated carbocycles. The van der Waals surface area contributed by atoms with Crippen LogP contribution in [-0.2, 0) is 6.54 Å². The fraction of sp³-hybridized carbons (Fsp3) is 0.467. The van der Waals surface area contributed by atoms with Crippen LogP contribution in [0.5, 0.6) is 0 Å². The molecule has 0 radical (unpaired) electrons. The summed E-state index contributed by atoms with van der Waals surface area (Å²) >= 11 is 0. The standard InChI is InChI=1S/C15H21FN2/c1-4-18(12(2)3)11-14-7-8-15(16)10-13(14)6-5-9-17/h7-8,10,12H,4,9,11,17H2,1-3H3. The maximum atomic E-state index is 13.2. The molecule has 1 rings (SSSR count). The maximum absolute atomic E-state index is 13.2. The molecule has 0 aliphatic heterocycles. The number of rotatable bonds is 4. The minimum atomic E-state index is -0.257. The summed E-state index contributed by atoms with van der Waals surface area (Å²) < 4.78 is 13.2. The number of hydrogen-bond donors (Lipinski definition) is 1. The van der Waals surface area contributed by atoms with Crippen LogP contribution in [0, 0.1) is 17.7 Å². The first-order valence-corrected chi connectivity index (χ1v) is 6.29. The predicted molar refractivity (Wildman–Crippen MR) is 73.6 cm³/mol. The van der Waals surface area contributed by atoms with Gasteiger partial charge in [0.2, 0.25) is 0 Å². The van der Waals surface area contributed by atoms with E-state index in [1.165, 1.54) is 12.1 Å². The number of hydrogen-bond acceptors (Lipinski definition) is 2. The topological polar surface area (TPSA) is 29.3 Å². The molecule has 0 bridgehead atoms. The van der Waals surface area contributed by atoms with Crippen molar-refractivity contribution in [3.63, 3.8) is 0 Å². The first-order chi connectivity index (χ1) is 8.58. The summed E-state index contributed by atoms with van der Waals surface area (Å²) in [6, 6.07) is 5.22. The summed E-state index contributed by atoms with van der Waals surface area (Å²) in [7, 11) is 0. The molecule has 2 nitrogen and oxygen atoms in total. The van der Waals surface area contributed by atoms with Crippen LogP contribution in [0.15, 0.2) is 18.2 Å². The summed E-state index contributed by atoms with van der Waals surface area (Å²) in [5.74, 6) is 5.47. The molecule has 0 aliphatic rings. The van der Waals surface area contributed by atoms with Crippen molar-refractivity contribution >= 4 is 0 Å². The minimum absolute atomic E-state index is 0.257. The van der Waals surface area contributed by atoms with Crippen molar-refractivity contribution in [3.8, 4) is 11.8 Å². The number of nitrogens with zero attached hydrogens (tertiary/aromatic N) is 1. The Bertz CT molecular complexity index is 444. The Morgan fingerprint density at radius 2 is 2.11 bits per heavy atom. The monoisotopic (exact) mass is 248 g/mol. The molecule has 2 N–H and O–H groups in total. The molecular weight excluding hydrogens is 227 g/mol. The van der Waals surface area contributed by atoms with E-state index in [2.05, 4.69) is 37.5 Å². The summed E-state index contributed by atoms with van der Waals surface area (Å²) in [4.78, 5) is 2.31. The summed E-state index contributed by atoms with van der Waals surface area (Å²) in [5.41, 5.74) is 7.15. The molecule has 98 valence electrons. The molecule has 0 aliphatic carbocycles. The van der Waals surface area contributed by atoms with Crippen LogP contribution in [0.1, 0.15) is 31.9 Å². The average molecular weight is 248 g/mol. The minimum Gasteiger partial charge on any atom is -0.320 e. The van der Waals surface area contributed by atoms with Gasteiger partial charge in [-0.05, 0) is 38.1 Å². The zero-order chi connectivity index (χ0) is 13.5. The van der Waals surface area contributed by atoms with Crippen molar-refractivity contribution in [2.45, 2.75) is 33.4 Å². The van der Waals surface area contributed by atoms with Crippen molar-refractivity contribution in [1.29, 1.82) is 0 Å². The van der Waals surface area contributed by atoms with E-state index in [0.717, 1.165) is 24.2 Å². The van der Waals surface area contributed by atoms with E-state index in [4.69, 9.17) is 5.73 Å². The molecule has 0 saturated heterocycles. The predicted octanol–water partition coefficient (Wildman–Crippen LogP) is 2.37. The molecule has 0 unspecified atom stereocenters. The maximum Gasteiger partial charge on any atom is 0.124 e. The molecule has 3 heteroatoms. The highest BCUT2D eigenvalue weighted by atomic mass is 19.1. The molecular formula is C15H21FN2. The molecule has 1 aromatic carbocycles. The highest BCUT2D eigenvalue weighted by Crippen LogP contribution is 2.14. The van der Waals surface area contributed by atoms with E-state index in [-0.39, 0.29) is 12.4 Å². The van der Waals surface area contributed by atoms with E-state index in [9.17, 15) is 4.39 Å². The van der Waals surface area contributed by atoms with Crippen LogP contribution >= 0.6 is 0 Å². The summed E-state index contributed by atoms with van der Waals surface area (Å²) in [6.07, 6.45) is 0. The van der Waals surface area contributed by atoms with Crippen molar-refractivity contribution in [2.75, 3.05) is 13.1 Å². The van der Waals surface area contributed by atoms with Crippen molar-refractivity contribution in [2.24, 2.45) is 5.73 Å². The number of nitrogens with two attached hydrogens (primary N) is 1. The van der Waals surface area contributed by atoms with Gasteiger partial charge in [0.25, 0.3) is 0 Å². The molecule has 0 spiro atoms. The second-order valence-electron chi connectivity index (χ2n) is 4.46. The van der Waals surface area contributed by atoms with E-state index in [1.807, 2.05) is 0 Å². The van der Waals surface area contributed by atoms with Crippen molar-refractivity contribution in [1.82, 2.24) is 4.90 Å². The first kappa shape index (κ1) is 14.7. The van der Waals surface area contributed by atoms with Crippen LogP contribution < -0.4 is 5.73 Å². The molecule has 0 amide bonds. The average Bonchev–Trinajstić information content (AvgIpc) is 2.34. The summed E-state index contributed by atoms with van der Waals surface area (Å²) in [5, 5.41) is 0. The van der Waals surface area contributed by atoms with Crippen molar-refractivity contribution < 1.29 is 4.39 Å². The number of benzene rings is 1. The zero-order valence-electron chi connectivity index (χ0n) is 11.3. The largest absolute Gasteiger partial charge is 0.320 e. The Balaban J connectivity index is 3.00. The third-order valence-corrected chi connectivity index (χ3v) is 2.91. The fourth-order valence-corrected chi connectivity index (χ4v) is 1.83. The van der Waals surface area contributed by atoms with Crippen LogP contribution in [0.2, 0.25) is 0 Å². The highest BCUT2D eigenvalue weighted by molar-refractivity contribution is 5.41. The molecule has 0 fully saturated rings. The quantitative estimate of drug-likeness (QED) is 0.829. The van der Waals surface area contributed by atoms with Crippen LogP contribution in [0.25, 0.3) is 0 Å². The van der Waals surface area contributed by atoms with Gasteiger partial charge in [-0.15, -0.1) is 0 Å². The van der Waals surface area contributed by atoms with E-state index >= 15 is 0 Å². The lowest BCUT2D eigenvalue weighted by Gasteiger charge is -2.25. The smallest absolute Gasteiger partial charge is 0.124 e. The van der Waals surface area contributed by atoms with E-state index in [0.29, 0.717) is 6.04 Å². The lowest BCUT2D eigenvalue weighted by atomic mass is 10.1. The Kier molecular flexibility index (Phi) is 5.84. The summed E-state index contributed by atoms with van der Waals surface area (Å²) in [6.45, 7) is 8.45. The first-order valence-electron chi connectivity index (χ1n) is 6.29. The van der Waals surface area contributed by atoms with Gasteiger partial charge in [-0.25, -0.2) is 4.39 Å². The Morgan fingerprint density at radius 1 is 1.39 bits per heavy atom. The lowest BCUT2D eigenvalue weighted by molar-refractivity contribution is 0.224. The highest BCUT2D eigenvalue weighted by Gasteiger charge is 2.10. The molecule has 0 heterocycles. The third kappa shape index (κ3) is 4.14. The van der Waals surface area contributed by atoms with E-state index < -0.39 is 0 Å².